The van der Waals surface area contributed by atoms with Gasteiger partial charge in [0, 0.05) is 28.3 Å². The minimum absolute atomic E-state index is 0.0312. The van der Waals surface area contributed by atoms with Crippen LogP contribution in [0.2, 0.25) is 0 Å². The number of aryl methyl sites for hydroxylation is 1. The largest absolute Gasteiger partial charge is 0.332 e. The summed E-state index contributed by atoms with van der Waals surface area (Å²) in [7, 11) is 0. The number of hydrogen-bond donors (Lipinski definition) is 0. The molecule has 4 nitrogen and oxygen atoms in total. The van der Waals surface area contributed by atoms with Crippen molar-refractivity contribution in [1.29, 1.82) is 0 Å². The smallest absolute Gasteiger partial charge is 0.242 e. The van der Waals surface area contributed by atoms with E-state index in [2.05, 4.69) is 0 Å². The summed E-state index contributed by atoms with van der Waals surface area (Å²) in [5.41, 5.74) is 0.872. The van der Waals surface area contributed by atoms with Gasteiger partial charge in [0.05, 0.1) is 6.54 Å². The Labute approximate surface area is 176 Å². The fourth-order valence-corrected chi connectivity index (χ4v) is 4.19. The molecule has 0 aliphatic heterocycles. The zero-order valence-corrected chi connectivity index (χ0v) is 18.2. The van der Waals surface area contributed by atoms with Gasteiger partial charge < -0.3 is 9.80 Å². The molecular formula is C23H29FN2O2S. The van der Waals surface area contributed by atoms with E-state index < -0.39 is 0 Å². The quantitative estimate of drug-likeness (QED) is 0.591. The van der Waals surface area contributed by atoms with Crippen LogP contribution in [-0.4, -0.2) is 34.2 Å². The molecule has 6 heteroatoms. The van der Waals surface area contributed by atoms with Crippen molar-refractivity contribution in [2.75, 3.05) is 6.54 Å². The van der Waals surface area contributed by atoms with Gasteiger partial charge in [0.1, 0.15) is 12.4 Å². The number of carbonyl (C=O) groups is 2. The van der Waals surface area contributed by atoms with Crippen molar-refractivity contribution in [3.05, 3.63) is 57.5 Å². The third-order valence-corrected chi connectivity index (χ3v) is 6.41. The molecule has 0 radical (unpaired) electrons. The average molecular weight is 417 g/mol. The van der Waals surface area contributed by atoms with E-state index in [1.54, 1.807) is 33.3 Å². The van der Waals surface area contributed by atoms with E-state index in [0.29, 0.717) is 13.1 Å². The highest BCUT2D eigenvalue weighted by Gasteiger charge is 2.36. The number of hydrogen-bond acceptors (Lipinski definition) is 3. The molecule has 29 heavy (non-hydrogen) atoms. The summed E-state index contributed by atoms with van der Waals surface area (Å²) in [6.45, 7) is 7.05. The second kappa shape index (κ2) is 9.53. The number of halogens is 1. The van der Waals surface area contributed by atoms with Gasteiger partial charge in [-0.3, -0.25) is 9.59 Å². The Morgan fingerprint density at radius 3 is 2.38 bits per heavy atom. The van der Waals surface area contributed by atoms with Crippen LogP contribution < -0.4 is 0 Å². The molecule has 1 fully saturated rings. The molecule has 156 valence electrons. The summed E-state index contributed by atoms with van der Waals surface area (Å²) in [6.07, 6.45) is 2.66. The molecule has 1 aliphatic rings. The van der Waals surface area contributed by atoms with Gasteiger partial charge in [0.2, 0.25) is 11.8 Å². The van der Waals surface area contributed by atoms with Crippen molar-refractivity contribution in [2.45, 2.75) is 59.2 Å². The minimum Gasteiger partial charge on any atom is -0.332 e. The van der Waals surface area contributed by atoms with E-state index in [4.69, 9.17) is 0 Å². The molecule has 1 aromatic carbocycles. The van der Waals surface area contributed by atoms with Crippen molar-refractivity contribution in [3.63, 3.8) is 0 Å². The maximum atomic E-state index is 13.3. The first-order valence-electron chi connectivity index (χ1n) is 10.3. The summed E-state index contributed by atoms with van der Waals surface area (Å²) in [5.74, 6) is -0.183. The third-order valence-electron chi connectivity index (χ3n) is 5.42. The highest BCUT2D eigenvalue weighted by Crippen LogP contribution is 2.32. The Bertz CT molecular complexity index is 845. The Morgan fingerprint density at radius 1 is 1.14 bits per heavy atom. The minimum atomic E-state index is -0.293. The average Bonchev–Trinajstić information content (AvgIpc) is 3.48. The van der Waals surface area contributed by atoms with Gasteiger partial charge in [-0.15, -0.1) is 11.3 Å². The van der Waals surface area contributed by atoms with Gasteiger partial charge in [0.25, 0.3) is 0 Å². The van der Waals surface area contributed by atoms with E-state index in [1.165, 1.54) is 17.0 Å². The van der Waals surface area contributed by atoms with Gasteiger partial charge in [-0.25, -0.2) is 4.39 Å². The second-order valence-corrected chi connectivity index (χ2v) is 9.26. The molecule has 1 heterocycles. The Kier molecular flexibility index (Phi) is 7.06. The lowest BCUT2D eigenvalue weighted by molar-refractivity contribution is -0.143. The molecule has 0 spiro atoms. The molecule has 2 amide bonds. The van der Waals surface area contributed by atoms with Gasteiger partial charge in [-0.2, -0.15) is 0 Å². The molecule has 3 rings (SSSR count). The molecule has 0 N–H and O–H groups in total. The topological polar surface area (TPSA) is 40.6 Å². The summed E-state index contributed by atoms with van der Waals surface area (Å²) in [5, 5.41) is 0. The van der Waals surface area contributed by atoms with Gasteiger partial charge in [-0.05, 0) is 62.9 Å². The van der Waals surface area contributed by atoms with Gasteiger partial charge >= 0.3 is 0 Å². The first kappa shape index (κ1) is 21.5. The number of thiophene rings is 1. The standard InChI is InChI=1S/C23H29FN2O2S/c1-4-16(2)26(23(28)19-8-9-19)15-22(27)25(14-21-12-5-17(3)29-21)13-18-6-10-20(24)11-7-18/h5-7,10-12,16,19H,4,8-9,13-15H2,1-3H3/t16-/m1/s1. The first-order valence-corrected chi connectivity index (χ1v) is 11.1. The van der Waals surface area contributed by atoms with E-state index in [0.717, 1.165) is 29.7 Å². The lowest BCUT2D eigenvalue weighted by Crippen LogP contribution is -2.46. The number of carbonyl (C=O) groups excluding carboxylic acids is 2. The van der Waals surface area contributed by atoms with Crippen LogP contribution in [0.1, 0.15) is 48.4 Å². The summed E-state index contributed by atoms with van der Waals surface area (Å²) < 4.78 is 13.3. The number of amides is 2. The predicted molar refractivity (Wildman–Crippen MR) is 114 cm³/mol. The van der Waals surface area contributed by atoms with Gasteiger partial charge in [-0.1, -0.05) is 19.1 Å². The fourth-order valence-electron chi connectivity index (χ4n) is 3.28. The fraction of sp³-hybridized carbons (Fsp3) is 0.478. The highest BCUT2D eigenvalue weighted by molar-refractivity contribution is 7.11. The lowest BCUT2D eigenvalue weighted by Gasteiger charge is -2.31. The van der Waals surface area contributed by atoms with Crippen LogP contribution in [0.4, 0.5) is 4.39 Å². The normalized spacial score (nSPS) is 14.5. The van der Waals surface area contributed by atoms with Crippen LogP contribution >= 0.6 is 11.3 Å². The van der Waals surface area contributed by atoms with E-state index >= 15 is 0 Å². The Hall–Kier alpha value is -2.21. The van der Waals surface area contributed by atoms with Crippen molar-refractivity contribution in [2.24, 2.45) is 5.92 Å². The van der Waals surface area contributed by atoms with Crippen molar-refractivity contribution in [3.8, 4) is 0 Å². The molecule has 0 saturated heterocycles. The van der Waals surface area contributed by atoms with Crippen LogP contribution in [0.5, 0.6) is 0 Å². The maximum absolute atomic E-state index is 13.3. The molecule has 0 bridgehead atoms. The van der Waals surface area contributed by atoms with E-state index in [9.17, 15) is 14.0 Å². The molecule has 1 aromatic heterocycles. The van der Waals surface area contributed by atoms with Crippen LogP contribution in [0.25, 0.3) is 0 Å². The monoisotopic (exact) mass is 416 g/mol. The predicted octanol–water partition coefficient (Wildman–Crippen LogP) is 4.76. The molecule has 1 aliphatic carbocycles. The Morgan fingerprint density at radius 2 is 1.83 bits per heavy atom. The molecule has 0 unspecified atom stereocenters. The second-order valence-electron chi connectivity index (χ2n) is 7.89. The molecule has 2 aromatic rings. The molecule has 1 atom stereocenters. The van der Waals surface area contributed by atoms with E-state index in [-0.39, 0.29) is 36.1 Å². The highest BCUT2D eigenvalue weighted by atomic mass is 32.1. The SMILES string of the molecule is CC[C@@H](C)N(CC(=O)N(Cc1ccc(F)cc1)Cc1ccc(C)s1)C(=O)C1CC1. The van der Waals surface area contributed by atoms with Gasteiger partial charge in [0.15, 0.2) is 0 Å². The number of benzene rings is 1. The summed E-state index contributed by atoms with van der Waals surface area (Å²) in [4.78, 5) is 31.8. The zero-order chi connectivity index (χ0) is 21.0. The number of nitrogens with zero attached hydrogens (tertiary/aromatic N) is 2. The Balaban J connectivity index is 1.77. The lowest BCUT2D eigenvalue weighted by atomic mass is 10.1. The van der Waals surface area contributed by atoms with Crippen LogP contribution in [-0.2, 0) is 22.7 Å². The maximum Gasteiger partial charge on any atom is 0.242 e. The third kappa shape index (κ3) is 5.89. The van der Waals surface area contributed by atoms with Crippen LogP contribution in [0, 0.1) is 18.7 Å². The van der Waals surface area contributed by atoms with Crippen molar-refractivity contribution in [1.82, 2.24) is 9.80 Å². The van der Waals surface area contributed by atoms with Crippen molar-refractivity contribution < 1.29 is 14.0 Å². The van der Waals surface area contributed by atoms with Crippen LogP contribution in [0.3, 0.4) is 0 Å². The van der Waals surface area contributed by atoms with E-state index in [1.807, 2.05) is 32.9 Å². The number of rotatable bonds is 9. The van der Waals surface area contributed by atoms with Crippen LogP contribution in [0.15, 0.2) is 36.4 Å². The first-order chi connectivity index (χ1) is 13.9. The summed E-state index contributed by atoms with van der Waals surface area (Å²) in [6, 6.07) is 10.3. The molecule has 1 saturated carbocycles. The van der Waals surface area contributed by atoms with Crippen molar-refractivity contribution >= 4 is 23.2 Å². The zero-order valence-electron chi connectivity index (χ0n) is 17.4. The molecular weight excluding hydrogens is 387 g/mol. The summed E-state index contributed by atoms with van der Waals surface area (Å²) >= 11 is 1.66.